The molecule has 0 atom stereocenters. The Morgan fingerprint density at radius 3 is 2.48 bits per heavy atom. The van der Waals surface area contributed by atoms with E-state index in [0.717, 1.165) is 0 Å². The molecule has 8 nitrogen and oxygen atoms in total. The molecule has 0 aliphatic rings. The van der Waals surface area contributed by atoms with Gasteiger partial charge in [0.2, 0.25) is 5.89 Å². The number of benzene rings is 2. The highest BCUT2D eigenvalue weighted by Gasteiger charge is 2.13. The van der Waals surface area contributed by atoms with Gasteiger partial charge >= 0.3 is 12.0 Å². The first kappa shape index (κ1) is 18.1. The maximum atomic E-state index is 12.8. The number of anilines is 1. The molecule has 0 aliphatic heterocycles. The molecule has 138 valence electrons. The minimum Gasteiger partial charge on any atom is -0.482 e. The molecule has 0 radical (unpaired) electrons. The smallest absolute Gasteiger partial charge is 0.344 e. The van der Waals surface area contributed by atoms with Gasteiger partial charge in [-0.1, -0.05) is 23.3 Å². The molecule has 2 aromatic carbocycles. The summed E-state index contributed by atoms with van der Waals surface area (Å²) in [6.45, 7) is -0.966. The molecule has 3 rings (SSSR count). The van der Waals surface area contributed by atoms with Gasteiger partial charge in [-0.15, -0.1) is 5.10 Å². The van der Waals surface area contributed by atoms with E-state index in [4.69, 9.17) is 13.9 Å². The standard InChI is InChI=1S/C18H14FN3O5/c19-13-6-8-14(9-7-13)25-11-16(24)26-10-15(23)20-18-22-21-17(27-18)12-4-2-1-3-5-12/h1-9H,10-11H2,(H,20,22,23). The van der Waals surface area contributed by atoms with Crippen LogP contribution in [0, 0.1) is 5.82 Å². The monoisotopic (exact) mass is 371 g/mol. The maximum Gasteiger partial charge on any atom is 0.344 e. The number of hydrogen-bond acceptors (Lipinski definition) is 7. The fourth-order valence-corrected chi connectivity index (χ4v) is 1.99. The first-order valence-electron chi connectivity index (χ1n) is 7.83. The van der Waals surface area contributed by atoms with Crippen molar-refractivity contribution in [1.82, 2.24) is 10.2 Å². The van der Waals surface area contributed by atoms with Crippen molar-refractivity contribution in [1.29, 1.82) is 0 Å². The second kappa shape index (κ2) is 8.56. The van der Waals surface area contributed by atoms with Gasteiger partial charge in [0.05, 0.1) is 0 Å². The molecule has 0 saturated heterocycles. The first-order chi connectivity index (χ1) is 13.1. The lowest BCUT2D eigenvalue weighted by molar-refractivity contribution is -0.149. The molecule has 0 saturated carbocycles. The third-order valence-corrected chi connectivity index (χ3v) is 3.23. The van der Waals surface area contributed by atoms with Crippen molar-refractivity contribution in [2.75, 3.05) is 18.5 Å². The van der Waals surface area contributed by atoms with Crippen LogP contribution in [0.1, 0.15) is 0 Å². The molecule has 27 heavy (non-hydrogen) atoms. The second-order valence-electron chi connectivity index (χ2n) is 5.23. The predicted molar refractivity (Wildman–Crippen MR) is 91.2 cm³/mol. The average molecular weight is 371 g/mol. The Hall–Kier alpha value is -3.75. The van der Waals surface area contributed by atoms with Crippen LogP contribution in [-0.2, 0) is 14.3 Å². The van der Waals surface area contributed by atoms with Crippen LogP contribution in [0.15, 0.2) is 59.0 Å². The van der Waals surface area contributed by atoms with E-state index in [-0.39, 0.29) is 11.9 Å². The number of carbonyl (C=O) groups is 2. The summed E-state index contributed by atoms with van der Waals surface area (Å²) in [5, 5.41) is 9.84. The van der Waals surface area contributed by atoms with Crippen LogP contribution in [0.3, 0.4) is 0 Å². The molecule has 1 amide bonds. The van der Waals surface area contributed by atoms with Crippen molar-refractivity contribution < 1.29 is 27.9 Å². The van der Waals surface area contributed by atoms with E-state index in [0.29, 0.717) is 11.3 Å². The van der Waals surface area contributed by atoms with E-state index in [9.17, 15) is 14.0 Å². The van der Waals surface area contributed by atoms with Crippen LogP contribution in [0.4, 0.5) is 10.4 Å². The van der Waals surface area contributed by atoms with Gasteiger partial charge in [-0.2, -0.15) is 0 Å². The summed E-state index contributed by atoms with van der Waals surface area (Å²) in [5.41, 5.74) is 0.704. The molecule has 1 N–H and O–H groups in total. The van der Waals surface area contributed by atoms with Gasteiger partial charge in [0.25, 0.3) is 5.91 Å². The van der Waals surface area contributed by atoms with Crippen molar-refractivity contribution in [2.45, 2.75) is 0 Å². The third kappa shape index (κ3) is 5.36. The average Bonchev–Trinajstić information content (AvgIpc) is 3.15. The van der Waals surface area contributed by atoms with E-state index in [1.54, 1.807) is 12.1 Å². The first-order valence-corrected chi connectivity index (χ1v) is 7.83. The number of hydrogen-bond donors (Lipinski definition) is 1. The number of esters is 1. The molecular formula is C18H14FN3O5. The fraction of sp³-hybridized carbons (Fsp3) is 0.111. The highest BCUT2D eigenvalue weighted by molar-refractivity contribution is 5.91. The van der Waals surface area contributed by atoms with E-state index in [1.807, 2.05) is 18.2 Å². The van der Waals surface area contributed by atoms with Crippen molar-refractivity contribution in [3.8, 4) is 17.2 Å². The van der Waals surface area contributed by atoms with Gasteiger partial charge in [0, 0.05) is 5.56 Å². The van der Waals surface area contributed by atoms with E-state index < -0.39 is 30.9 Å². The minimum atomic E-state index is -0.759. The number of halogens is 1. The Balaban J connectivity index is 1.42. The normalized spacial score (nSPS) is 10.3. The number of nitrogens with zero attached hydrogens (tertiary/aromatic N) is 2. The summed E-state index contributed by atoms with van der Waals surface area (Å²) in [4.78, 5) is 23.4. The molecule has 0 fully saturated rings. The molecule has 0 unspecified atom stereocenters. The summed E-state index contributed by atoms with van der Waals surface area (Å²) >= 11 is 0. The zero-order valence-corrected chi connectivity index (χ0v) is 13.9. The van der Waals surface area contributed by atoms with Crippen LogP contribution < -0.4 is 10.1 Å². The zero-order valence-electron chi connectivity index (χ0n) is 13.9. The summed E-state index contributed by atoms with van der Waals surface area (Å²) < 4.78 is 28.0. The molecular weight excluding hydrogens is 357 g/mol. The number of ether oxygens (including phenoxy) is 2. The lowest BCUT2D eigenvalue weighted by atomic mass is 10.2. The van der Waals surface area contributed by atoms with Gasteiger partial charge in [0.1, 0.15) is 11.6 Å². The molecule has 9 heteroatoms. The van der Waals surface area contributed by atoms with E-state index in [1.165, 1.54) is 24.3 Å². The zero-order chi connectivity index (χ0) is 19.1. The molecule has 0 spiro atoms. The van der Waals surface area contributed by atoms with Crippen molar-refractivity contribution in [3.05, 3.63) is 60.4 Å². The Kier molecular flexibility index (Phi) is 5.73. The topological polar surface area (TPSA) is 104 Å². The van der Waals surface area contributed by atoms with Crippen molar-refractivity contribution in [2.24, 2.45) is 0 Å². The van der Waals surface area contributed by atoms with Gasteiger partial charge in [-0.25, -0.2) is 9.18 Å². The third-order valence-electron chi connectivity index (χ3n) is 3.23. The SMILES string of the molecule is O=C(COC(=O)COc1ccc(F)cc1)Nc1nnc(-c2ccccc2)o1. The Morgan fingerprint density at radius 1 is 1.00 bits per heavy atom. The van der Waals surface area contributed by atoms with E-state index in [2.05, 4.69) is 15.5 Å². The molecule has 1 heterocycles. The quantitative estimate of drug-likeness (QED) is 0.636. The second-order valence-corrected chi connectivity index (χ2v) is 5.23. The van der Waals surface area contributed by atoms with Gasteiger partial charge in [-0.3, -0.25) is 10.1 Å². The summed E-state index contributed by atoms with van der Waals surface area (Å²) in [6.07, 6.45) is 0. The molecule has 0 aliphatic carbocycles. The highest BCUT2D eigenvalue weighted by atomic mass is 19.1. The van der Waals surface area contributed by atoms with Crippen LogP contribution in [0.2, 0.25) is 0 Å². The maximum absolute atomic E-state index is 12.8. The minimum absolute atomic E-state index is 0.113. The fourth-order valence-electron chi connectivity index (χ4n) is 1.99. The number of rotatable bonds is 7. The Morgan fingerprint density at radius 2 is 1.74 bits per heavy atom. The molecule has 0 bridgehead atoms. The highest BCUT2D eigenvalue weighted by Crippen LogP contribution is 2.18. The number of carbonyl (C=O) groups excluding carboxylic acids is 2. The summed E-state index contributed by atoms with van der Waals surface area (Å²) in [7, 11) is 0. The largest absolute Gasteiger partial charge is 0.482 e. The van der Waals surface area contributed by atoms with Crippen LogP contribution >= 0.6 is 0 Å². The van der Waals surface area contributed by atoms with Crippen molar-refractivity contribution >= 4 is 17.9 Å². The number of amides is 1. The number of nitrogens with one attached hydrogen (secondary N) is 1. The van der Waals surface area contributed by atoms with Crippen LogP contribution in [-0.4, -0.2) is 35.3 Å². The predicted octanol–water partition coefficient (Wildman–Crippen LogP) is 2.44. The van der Waals surface area contributed by atoms with Gasteiger partial charge in [0.15, 0.2) is 13.2 Å². The van der Waals surface area contributed by atoms with Gasteiger partial charge < -0.3 is 13.9 Å². The number of aromatic nitrogens is 2. The van der Waals surface area contributed by atoms with Crippen LogP contribution in [0.5, 0.6) is 5.75 Å². The summed E-state index contributed by atoms with van der Waals surface area (Å²) in [5.74, 6) is -1.27. The van der Waals surface area contributed by atoms with Crippen LogP contribution in [0.25, 0.3) is 11.5 Å². The Bertz CT molecular complexity index is 912. The molecule has 1 aromatic heterocycles. The van der Waals surface area contributed by atoms with Gasteiger partial charge in [-0.05, 0) is 36.4 Å². The molecule has 3 aromatic rings. The summed E-state index contributed by atoms with van der Waals surface area (Å²) in [6, 6.07) is 14.0. The lowest BCUT2D eigenvalue weighted by Gasteiger charge is -2.06. The van der Waals surface area contributed by atoms with Crippen molar-refractivity contribution in [3.63, 3.8) is 0 Å². The Labute approximate surface area is 152 Å². The van der Waals surface area contributed by atoms with E-state index >= 15 is 0 Å². The lowest BCUT2D eigenvalue weighted by Crippen LogP contribution is -2.23.